The van der Waals surface area contributed by atoms with Crippen molar-refractivity contribution in [3.05, 3.63) is 23.2 Å². The van der Waals surface area contributed by atoms with Crippen LogP contribution in [0.2, 0.25) is 5.02 Å². The first-order valence-corrected chi connectivity index (χ1v) is 4.05. The van der Waals surface area contributed by atoms with Crippen molar-refractivity contribution < 1.29 is 9.47 Å². The van der Waals surface area contributed by atoms with Crippen LogP contribution in [0.25, 0.3) is 0 Å². The van der Waals surface area contributed by atoms with Crippen LogP contribution >= 0.6 is 11.6 Å². The van der Waals surface area contributed by atoms with Gasteiger partial charge in [0.1, 0.15) is 18.1 Å². The lowest BCUT2D eigenvalue weighted by Crippen LogP contribution is -1.94. The fraction of sp³-hybridized carbons (Fsp3) is 0.200. The Labute approximate surface area is 82.4 Å². The zero-order chi connectivity index (χ0) is 9.68. The second-order valence-corrected chi connectivity index (χ2v) is 2.70. The van der Waals surface area contributed by atoms with Gasteiger partial charge in [-0.2, -0.15) is 0 Å². The van der Waals surface area contributed by atoms with Crippen LogP contribution in [0.5, 0.6) is 11.5 Å². The van der Waals surface area contributed by atoms with Crippen LogP contribution < -0.4 is 9.47 Å². The van der Waals surface area contributed by atoms with Gasteiger partial charge in [0.25, 0.3) is 0 Å². The summed E-state index contributed by atoms with van der Waals surface area (Å²) in [5.74, 6) is 3.62. The lowest BCUT2D eigenvalue weighted by molar-refractivity contribution is 0.368. The smallest absolute Gasteiger partial charge is 0.148 e. The molecule has 0 radical (unpaired) electrons. The number of methoxy groups -OCH3 is 1. The molecular formula is C10H9ClO2. The summed E-state index contributed by atoms with van der Waals surface area (Å²) in [6, 6.07) is 5.16. The molecule has 0 aliphatic heterocycles. The first-order chi connectivity index (χ1) is 6.27. The van der Waals surface area contributed by atoms with Crippen LogP contribution in [0.4, 0.5) is 0 Å². The average Bonchev–Trinajstić information content (AvgIpc) is 2.16. The lowest BCUT2D eigenvalue weighted by Gasteiger charge is -2.06. The summed E-state index contributed by atoms with van der Waals surface area (Å²) >= 11 is 5.87. The van der Waals surface area contributed by atoms with E-state index >= 15 is 0 Å². The number of rotatable bonds is 3. The molecule has 1 aromatic rings. The van der Waals surface area contributed by atoms with Crippen molar-refractivity contribution in [3.63, 3.8) is 0 Å². The van der Waals surface area contributed by atoms with Gasteiger partial charge in [-0.05, 0) is 12.1 Å². The number of ether oxygens (including phenoxy) is 2. The Morgan fingerprint density at radius 2 is 2.31 bits per heavy atom. The molecule has 0 fully saturated rings. The molecule has 1 aromatic carbocycles. The Hall–Kier alpha value is -1.33. The molecule has 0 aromatic heterocycles. The highest BCUT2D eigenvalue weighted by molar-refractivity contribution is 6.32. The maximum absolute atomic E-state index is 5.87. The van der Waals surface area contributed by atoms with Crippen LogP contribution in [0, 0.1) is 12.3 Å². The summed E-state index contributed by atoms with van der Waals surface area (Å²) in [5, 5.41) is 0.495. The molecule has 0 bridgehead atoms. The number of terminal acetylenes is 1. The summed E-state index contributed by atoms with van der Waals surface area (Å²) < 4.78 is 10.1. The highest BCUT2D eigenvalue weighted by Crippen LogP contribution is 2.28. The Morgan fingerprint density at radius 3 is 2.85 bits per heavy atom. The Morgan fingerprint density at radius 1 is 1.54 bits per heavy atom. The third-order valence-corrected chi connectivity index (χ3v) is 1.75. The largest absolute Gasteiger partial charge is 0.497 e. The van der Waals surface area contributed by atoms with Gasteiger partial charge < -0.3 is 9.47 Å². The van der Waals surface area contributed by atoms with E-state index in [0.717, 1.165) is 0 Å². The molecule has 0 unspecified atom stereocenters. The van der Waals surface area contributed by atoms with Crippen LogP contribution in [0.15, 0.2) is 18.2 Å². The molecule has 0 saturated heterocycles. The van der Waals surface area contributed by atoms with Gasteiger partial charge >= 0.3 is 0 Å². The van der Waals surface area contributed by atoms with Crippen LogP contribution in [-0.2, 0) is 0 Å². The van der Waals surface area contributed by atoms with E-state index in [9.17, 15) is 0 Å². The molecule has 0 saturated carbocycles. The van der Waals surface area contributed by atoms with Crippen molar-refractivity contribution in [1.82, 2.24) is 0 Å². The Bertz CT molecular complexity index is 328. The molecule has 3 heteroatoms. The van der Waals surface area contributed by atoms with Crippen LogP contribution in [-0.4, -0.2) is 13.7 Å². The topological polar surface area (TPSA) is 18.5 Å². The Balaban J connectivity index is 2.80. The van der Waals surface area contributed by atoms with Gasteiger partial charge in [0.05, 0.1) is 12.1 Å². The van der Waals surface area contributed by atoms with Gasteiger partial charge in [0.15, 0.2) is 0 Å². The van der Waals surface area contributed by atoms with E-state index in [4.69, 9.17) is 27.5 Å². The van der Waals surface area contributed by atoms with E-state index in [0.29, 0.717) is 16.5 Å². The molecule has 1 rings (SSSR count). The molecule has 0 spiro atoms. The third-order valence-electron chi connectivity index (χ3n) is 1.45. The minimum Gasteiger partial charge on any atom is -0.497 e. The average molecular weight is 197 g/mol. The number of benzene rings is 1. The van der Waals surface area contributed by atoms with Gasteiger partial charge in [0, 0.05) is 6.07 Å². The van der Waals surface area contributed by atoms with E-state index in [1.165, 1.54) is 0 Å². The standard InChI is InChI=1S/C10H9ClO2/c1-3-6-13-10-5-4-8(12-2)7-9(10)11/h1,4-5,7H,6H2,2H3. The van der Waals surface area contributed by atoms with Crippen molar-refractivity contribution >= 4 is 11.6 Å². The van der Waals surface area contributed by atoms with Gasteiger partial charge in [-0.1, -0.05) is 17.5 Å². The number of halogens is 1. The molecule has 0 atom stereocenters. The Kier molecular flexibility index (Phi) is 3.48. The first-order valence-electron chi connectivity index (χ1n) is 3.67. The van der Waals surface area contributed by atoms with Gasteiger partial charge in [-0.25, -0.2) is 0 Å². The fourth-order valence-corrected chi connectivity index (χ4v) is 1.07. The predicted octanol–water partition coefficient (Wildman–Crippen LogP) is 2.36. The summed E-state index contributed by atoms with van der Waals surface area (Å²) in [7, 11) is 1.58. The quantitative estimate of drug-likeness (QED) is 0.691. The summed E-state index contributed by atoms with van der Waals surface area (Å²) in [6.07, 6.45) is 5.04. The maximum Gasteiger partial charge on any atom is 0.148 e. The van der Waals surface area contributed by atoms with E-state index in [1.807, 2.05) is 0 Å². The van der Waals surface area contributed by atoms with Crippen molar-refractivity contribution in [2.24, 2.45) is 0 Å². The third kappa shape index (κ3) is 2.57. The predicted molar refractivity (Wildman–Crippen MR) is 52.3 cm³/mol. The van der Waals surface area contributed by atoms with Crippen LogP contribution in [0.3, 0.4) is 0 Å². The minimum atomic E-state index is 0.214. The van der Waals surface area contributed by atoms with E-state index < -0.39 is 0 Å². The molecule has 0 amide bonds. The van der Waals surface area contributed by atoms with Crippen molar-refractivity contribution in [1.29, 1.82) is 0 Å². The molecule has 0 heterocycles. The SMILES string of the molecule is C#CCOc1ccc(OC)cc1Cl. The fourth-order valence-electron chi connectivity index (χ4n) is 0.845. The van der Waals surface area contributed by atoms with Gasteiger partial charge in [0.2, 0.25) is 0 Å². The van der Waals surface area contributed by atoms with Crippen LogP contribution in [0.1, 0.15) is 0 Å². The second-order valence-electron chi connectivity index (χ2n) is 2.29. The monoisotopic (exact) mass is 196 g/mol. The molecule has 0 N–H and O–H groups in total. The van der Waals surface area contributed by atoms with Gasteiger partial charge in [-0.15, -0.1) is 6.42 Å². The van der Waals surface area contributed by atoms with Crippen molar-refractivity contribution in [2.45, 2.75) is 0 Å². The first kappa shape index (κ1) is 9.76. The molecule has 13 heavy (non-hydrogen) atoms. The summed E-state index contributed by atoms with van der Waals surface area (Å²) in [4.78, 5) is 0. The van der Waals surface area contributed by atoms with E-state index in [-0.39, 0.29) is 6.61 Å². The molecule has 0 aliphatic rings. The summed E-state index contributed by atoms with van der Waals surface area (Å²) in [6.45, 7) is 0.214. The maximum atomic E-state index is 5.87. The second kappa shape index (κ2) is 4.64. The highest BCUT2D eigenvalue weighted by atomic mass is 35.5. The van der Waals surface area contributed by atoms with E-state index in [2.05, 4.69) is 5.92 Å². The van der Waals surface area contributed by atoms with Crippen molar-refractivity contribution in [3.8, 4) is 23.8 Å². The number of hydrogen-bond donors (Lipinski definition) is 0. The molecule has 68 valence electrons. The van der Waals surface area contributed by atoms with Crippen molar-refractivity contribution in [2.75, 3.05) is 13.7 Å². The molecular weight excluding hydrogens is 188 g/mol. The molecule has 2 nitrogen and oxygen atoms in total. The summed E-state index contributed by atoms with van der Waals surface area (Å²) in [5.41, 5.74) is 0. The van der Waals surface area contributed by atoms with Gasteiger partial charge in [-0.3, -0.25) is 0 Å². The zero-order valence-corrected chi connectivity index (χ0v) is 7.97. The van der Waals surface area contributed by atoms with E-state index in [1.54, 1.807) is 25.3 Å². The minimum absolute atomic E-state index is 0.214. The highest BCUT2D eigenvalue weighted by Gasteiger charge is 2.01. The zero-order valence-electron chi connectivity index (χ0n) is 7.21. The normalized spacial score (nSPS) is 9.00. The molecule has 0 aliphatic carbocycles. The lowest BCUT2D eigenvalue weighted by atomic mass is 10.3. The number of hydrogen-bond acceptors (Lipinski definition) is 2.